The molecule has 0 unspecified atom stereocenters. The van der Waals surface area contributed by atoms with Crippen molar-refractivity contribution in [2.45, 2.75) is 31.6 Å². The number of fused-ring (bicyclic) bond motifs is 3. The van der Waals surface area contributed by atoms with Gasteiger partial charge in [0.25, 0.3) is 0 Å². The maximum Gasteiger partial charge on any atom is 0.419 e. The monoisotopic (exact) mass is 696 g/mol. The Kier molecular flexibility index (Phi) is 8.00. The molecule has 0 saturated carbocycles. The second-order valence-corrected chi connectivity index (χ2v) is 12.5. The maximum atomic E-state index is 15.0. The highest BCUT2D eigenvalue weighted by molar-refractivity contribution is 5.86. The summed E-state index contributed by atoms with van der Waals surface area (Å²) >= 11 is 0. The van der Waals surface area contributed by atoms with Gasteiger partial charge in [-0.05, 0) is 119 Å². The van der Waals surface area contributed by atoms with Crippen LogP contribution >= 0.6 is 0 Å². The largest absolute Gasteiger partial charge is 0.456 e. The average Bonchev–Trinajstić information content (AvgIpc) is 3.38. The van der Waals surface area contributed by atoms with E-state index in [9.17, 15) is 26.3 Å². The van der Waals surface area contributed by atoms with Gasteiger partial charge in [0.05, 0.1) is 16.5 Å². The fourth-order valence-corrected chi connectivity index (χ4v) is 6.98. The fraction of sp³-hybridized carbons (Fsp3) is 0.122. The van der Waals surface area contributed by atoms with Crippen LogP contribution < -0.4 is 20.9 Å². The Morgan fingerprint density at radius 1 is 0.471 bits per heavy atom. The highest BCUT2D eigenvalue weighted by Crippen LogP contribution is 2.58. The molecular weight excluding hydrogens is 666 g/mol. The smallest absolute Gasteiger partial charge is 0.419 e. The van der Waals surface area contributed by atoms with E-state index in [1.165, 1.54) is 48.5 Å². The minimum atomic E-state index is -4.89. The summed E-state index contributed by atoms with van der Waals surface area (Å²) in [7, 11) is 0. The first-order valence-electron chi connectivity index (χ1n) is 15.9. The Bertz CT molecular complexity index is 2150. The Morgan fingerprint density at radius 2 is 0.843 bits per heavy atom. The number of hydrogen-bond acceptors (Lipinski definition) is 4. The third-order valence-corrected chi connectivity index (χ3v) is 9.23. The predicted molar refractivity (Wildman–Crippen MR) is 185 cm³/mol. The molecular formula is C41H30F6N2O2. The zero-order chi connectivity index (χ0) is 36.3. The number of halogens is 6. The van der Waals surface area contributed by atoms with Gasteiger partial charge < -0.3 is 20.9 Å². The van der Waals surface area contributed by atoms with Crippen LogP contribution in [0.4, 0.5) is 37.7 Å². The lowest BCUT2D eigenvalue weighted by Crippen LogP contribution is -2.29. The van der Waals surface area contributed by atoms with Gasteiger partial charge in [0.1, 0.15) is 23.0 Å². The van der Waals surface area contributed by atoms with Crippen molar-refractivity contribution in [1.29, 1.82) is 0 Å². The molecule has 6 aromatic carbocycles. The van der Waals surface area contributed by atoms with Crippen molar-refractivity contribution < 1.29 is 35.8 Å². The lowest BCUT2D eigenvalue weighted by Gasteiger charge is -2.35. The van der Waals surface area contributed by atoms with Crippen LogP contribution in [-0.2, 0) is 17.8 Å². The summed E-state index contributed by atoms with van der Waals surface area (Å²) in [4.78, 5) is 0. The van der Waals surface area contributed by atoms with Crippen molar-refractivity contribution in [2.24, 2.45) is 0 Å². The van der Waals surface area contributed by atoms with E-state index in [1.807, 2.05) is 12.1 Å². The van der Waals surface area contributed by atoms with E-state index in [0.717, 1.165) is 12.1 Å². The molecule has 10 heteroatoms. The number of benzene rings is 6. The third kappa shape index (κ3) is 5.80. The van der Waals surface area contributed by atoms with Gasteiger partial charge in [0, 0.05) is 11.4 Å². The number of alkyl halides is 6. The number of hydrogen-bond donors (Lipinski definition) is 2. The Labute approximate surface area is 289 Å². The average molecular weight is 697 g/mol. The number of aryl methyl sites for hydroxylation is 2. The number of anilines is 2. The van der Waals surface area contributed by atoms with Crippen molar-refractivity contribution >= 4 is 11.4 Å². The minimum absolute atomic E-state index is 0.102. The van der Waals surface area contributed by atoms with Crippen LogP contribution in [0.15, 0.2) is 121 Å². The van der Waals surface area contributed by atoms with E-state index in [1.54, 1.807) is 62.4 Å². The first-order chi connectivity index (χ1) is 24.2. The summed E-state index contributed by atoms with van der Waals surface area (Å²) in [6.45, 7) is 3.32. The lowest BCUT2D eigenvalue weighted by molar-refractivity contribution is -0.139. The van der Waals surface area contributed by atoms with Crippen molar-refractivity contribution in [3.63, 3.8) is 0 Å². The predicted octanol–water partition coefficient (Wildman–Crippen LogP) is 11.5. The molecule has 0 fully saturated rings. The summed E-state index contributed by atoms with van der Waals surface area (Å²) in [6.07, 6.45) is -9.78. The third-order valence-electron chi connectivity index (χ3n) is 9.23. The molecule has 0 heterocycles. The molecule has 51 heavy (non-hydrogen) atoms. The van der Waals surface area contributed by atoms with Gasteiger partial charge in [-0.15, -0.1) is 0 Å². The molecule has 0 saturated heterocycles. The molecule has 1 aliphatic carbocycles. The van der Waals surface area contributed by atoms with Crippen LogP contribution in [0.3, 0.4) is 0 Å². The van der Waals surface area contributed by atoms with Crippen LogP contribution in [-0.4, -0.2) is 0 Å². The molecule has 0 spiro atoms. The zero-order valence-corrected chi connectivity index (χ0v) is 27.3. The highest BCUT2D eigenvalue weighted by atomic mass is 19.4. The maximum absolute atomic E-state index is 15.0. The molecule has 0 atom stereocenters. The van der Waals surface area contributed by atoms with Gasteiger partial charge in [-0.25, -0.2) is 0 Å². The Morgan fingerprint density at radius 3 is 1.22 bits per heavy atom. The normalized spacial score (nSPS) is 13.4. The van der Waals surface area contributed by atoms with Crippen molar-refractivity contribution in [3.05, 3.63) is 166 Å². The molecule has 258 valence electrons. The fourth-order valence-electron chi connectivity index (χ4n) is 6.98. The number of rotatable bonds is 6. The molecule has 1 aliphatic rings. The van der Waals surface area contributed by atoms with Gasteiger partial charge in [0.15, 0.2) is 0 Å². The molecule has 0 radical (unpaired) electrons. The van der Waals surface area contributed by atoms with E-state index in [4.69, 9.17) is 20.9 Å². The second kappa shape index (κ2) is 12.2. The van der Waals surface area contributed by atoms with Crippen LogP contribution in [0.25, 0.3) is 11.1 Å². The molecule has 4 N–H and O–H groups in total. The minimum Gasteiger partial charge on any atom is -0.456 e. The van der Waals surface area contributed by atoms with Gasteiger partial charge >= 0.3 is 12.4 Å². The first kappa shape index (κ1) is 33.6. The van der Waals surface area contributed by atoms with Crippen molar-refractivity contribution in [2.75, 3.05) is 11.5 Å². The Hall–Kier alpha value is -5.90. The van der Waals surface area contributed by atoms with Crippen LogP contribution in [0, 0.1) is 13.8 Å². The van der Waals surface area contributed by atoms with Crippen LogP contribution in [0.2, 0.25) is 0 Å². The number of nitrogen functional groups attached to an aromatic ring is 2. The number of nitrogens with two attached hydrogens (primary N) is 2. The summed E-state index contributed by atoms with van der Waals surface area (Å²) in [5.74, 6) is -0.578. The second-order valence-electron chi connectivity index (χ2n) is 12.5. The van der Waals surface area contributed by atoms with Crippen LogP contribution in [0.5, 0.6) is 23.0 Å². The van der Waals surface area contributed by atoms with Gasteiger partial charge in [-0.3, -0.25) is 0 Å². The number of ether oxygens (including phenoxy) is 2. The summed E-state index contributed by atoms with van der Waals surface area (Å²) in [5, 5.41) is 0. The molecule has 6 aromatic rings. The van der Waals surface area contributed by atoms with E-state index in [2.05, 4.69) is 0 Å². The molecule has 0 amide bonds. The van der Waals surface area contributed by atoms with Crippen LogP contribution in [0.1, 0.15) is 44.5 Å². The van der Waals surface area contributed by atoms with E-state index < -0.39 is 40.4 Å². The molecule has 0 bridgehead atoms. The standard InChI is InChI=1S/C41H30F6N2O2/c1-23-19-27(48)13-17-35(23)50-37-15-11-25(21-33(37)40(42,43)44)39(31-9-5-3-7-29(31)30-8-4-6-10-32(30)39)26-12-16-38(34(22-26)41(45,46)47)51-36-18-14-28(49)20-24(36)2/h3-22H,48-49H2,1-2H3. The van der Waals surface area contributed by atoms with Gasteiger partial charge in [-0.1, -0.05) is 60.7 Å². The quantitative estimate of drug-likeness (QED) is 0.134. The highest BCUT2D eigenvalue weighted by Gasteiger charge is 2.49. The van der Waals surface area contributed by atoms with E-state index in [0.29, 0.717) is 44.8 Å². The van der Waals surface area contributed by atoms with E-state index >= 15 is 0 Å². The van der Waals surface area contributed by atoms with Crippen molar-refractivity contribution in [3.8, 4) is 34.1 Å². The first-order valence-corrected chi connectivity index (χ1v) is 15.9. The summed E-state index contributed by atoms with van der Waals surface area (Å²) < 4.78 is 101. The summed E-state index contributed by atoms with van der Waals surface area (Å²) in [5.41, 5.74) is 12.4. The zero-order valence-electron chi connectivity index (χ0n) is 27.3. The topological polar surface area (TPSA) is 70.5 Å². The molecule has 7 rings (SSSR count). The van der Waals surface area contributed by atoms with Crippen molar-refractivity contribution in [1.82, 2.24) is 0 Å². The molecule has 0 aromatic heterocycles. The van der Waals surface area contributed by atoms with Gasteiger partial charge in [-0.2, -0.15) is 26.3 Å². The Balaban J connectivity index is 1.49. The van der Waals surface area contributed by atoms with E-state index in [-0.39, 0.29) is 22.6 Å². The summed E-state index contributed by atoms with van der Waals surface area (Å²) in [6, 6.07) is 30.6. The molecule has 4 nitrogen and oxygen atoms in total. The van der Waals surface area contributed by atoms with Gasteiger partial charge in [0.2, 0.25) is 0 Å². The lowest BCUT2D eigenvalue weighted by atomic mass is 9.67. The SMILES string of the molecule is Cc1cc(N)ccc1Oc1ccc(C2(c3ccc(Oc4ccc(N)cc4C)c(C(F)(F)F)c3)c3ccccc3-c3ccccc32)cc1C(F)(F)F. The molecule has 0 aliphatic heterocycles.